The van der Waals surface area contributed by atoms with Gasteiger partial charge >= 0.3 is 0 Å². The van der Waals surface area contributed by atoms with Crippen LogP contribution in [0.15, 0.2) is 57.8 Å². The zero-order valence-corrected chi connectivity index (χ0v) is 14.1. The summed E-state index contributed by atoms with van der Waals surface area (Å²) in [6.45, 7) is 5.25. The molecule has 0 fully saturated rings. The maximum atomic E-state index is 12.5. The summed E-state index contributed by atoms with van der Waals surface area (Å²) in [6.07, 6.45) is -1.05. The maximum absolute atomic E-state index is 12.5. The molecule has 0 unspecified atom stereocenters. The first kappa shape index (κ1) is 17.6. The topological polar surface area (TPSA) is 111 Å². The fourth-order valence-corrected chi connectivity index (χ4v) is 2.67. The fourth-order valence-electron chi connectivity index (χ4n) is 2.67. The normalized spacial score (nSPS) is 12.2. The van der Waals surface area contributed by atoms with Crippen LogP contribution >= 0.6 is 0 Å². The van der Waals surface area contributed by atoms with E-state index in [-0.39, 0.29) is 40.2 Å². The molecule has 6 nitrogen and oxygen atoms in total. The van der Waals surface area contributed by atoms with Gasteiger partial charge in [0.2, 0.25) is 0 Å². The Labute approximate surface area is 148 Å². The van der Waals surface area contributed by atoms with Gasteiger partial charge in [0.15, 0.2) is 5.43 Å². The predicted molar refractivity (Wildman–Crippen MR) is 97.4 cm³/mol. The molecule has 4 N–H and O–H groups in total. The second-order valence-corrected chi connectivity index (χ2v) is 6.18. The molecule has 0 aliphatic heterocycles. The van der Waals surface area contributed by atoms with Gasteiger partial charge in [-0.15, -0.1) is 0 Å². The van der Waals surface area contributed by atoms with Crippen LogP contribution in [0.25, 0.3) is 22.3 Å². The minimum Gasteiger partial charge on any atom is -0.508 e. The minimum atomic E-state index is -0.965. The molecular weight excluding hydrogens is 336 g/mol. The van der Waals surface area contributed by atoms with Crippen molar-refractivity contribution >= 4 is 11.0 Å². The van der Waals surface area contributed by atoms with E-state index in [0.717, 1.165) is 0 Å². The van der Waals surface area contributed by atoms with Crippen molar-refractivity contribution < 1.29 is 24.8 Å². The summed E-state index contributed by atoms with van der Waals surface area (Å²) < 4.78 is 5.66. The number of aliphatic hydroxyl groups is 1. The Bertz CT molecular complexity index is 1050. The first-order valence-electron chi connectivity index (χ1n) is 7.92. The summed E-state index contributed by atoms with van der Waals surface area (Å²) in [7, 11) is 0. The van der Waals surface area contributed by atoms with Crippen molar-refractivity contribution in [3.63, 3.8) is 0 Å². The van der Waals surface area contributed by atoms with Gasteiger partial charge in [-0.05, 0) is 31.2 Å². The average molecular weight is 354 g/mol. The third kappa shape index (κ3) is 3.14. The summed E-state index contributed by atoms with van der Waals surface area (Å²) in [5.41, 5.74) is 0.612. The van der Waals surface area contributed by atoms with Gasteiger partial charge in [-0.2, -0.15) is 0 Å². The molecule has 0 spiro atoms. The van der Waals surface area contributed by atoms with E-state index in [1.165, 1.54) is 24.3 Å². The number of hydrogen-bond donors (Lipinski definition) is 4. The van der Waals surface area contributed by atoms with Gasteiger partial charge < -0.3 is 24.8 Å². The van der Waals surface area contributed by atoms with Gasteiger partial charge in [-0.25, -0.2) is 0 Å². The molecule has 134 valence electrons. The molecule has 3 aromatic rings. The Morgan fingerprint density at radius 2 is 1.81 bits per heavy atom. The van der Waals surface area contributed by atoms with E-state index in [4.69, 9.17) is 4.42 Å². The van der Waals surface area contributed by atoms with Gasteiger partial charge in [0, 0.05) is 29.7 Å². The van der Waals surface area contributed by atoms with E-state index >= 15 is 0 Å². The van der Waals surface area contributed by atoms with Crippen LogP contribution in [0.1, 0.15) is 12.5 Å². The van der Waals surface area contributed by atoms with Crippen LogP contribution in [0.5, 0.6) is 17.2 Å². The van der Waals surface area contributed by atoms with Gasteiger partial charge in [-0.3, -0.25) is 4.79 Å². The smallest absolute Gasteiger partial charge is 0.197 e. The van der Waals surface area contributed by atoms with E-state index in [9.17, 15) is 25.2 Å². The lowest BCUT2D eigenvalue weighted by Crippen LogP contribution is -2.12. The van der Waals surface area contributed by atoms with Crippen molar-refractivity contribution in [3.05, 3.63) is 64.3 Å². The lowest BCUT2D eigenvalue weighted by Gasteiger charge is -2.14. The Balaban J connectivity index is 2.17. The highest BCUT2D eigenvalue weighted by Gasteiger charge is 2.20. The van der Waals surface area contributed by atoms with Crippen LogP contribution in [0.2, 0.25) is 0 Å². The molecule has 0 aliphatic carbocycles. The monoisotopic (exact) mass is 354 g/mol. The molecular formula is C20H18O6. The summed E-state index contributed by atoms with van der Waals surface area (Å²) in [5, 5.41) is 39.9. The highest BCUT2D eigenvalue weighted by atomic mass is 16.3. The van der Waals surface area contributed by atoms with Crippen LogP contribution in [0, 0.1) is 0 Å². The number of hydrogen-bond acceptors (Lipinski definition) is 6. The van der Waals surface area contributed by atoms with Crippen molar-refractivity contribution in [2.45, 2.75) is 19.4 Å². The molecule has 0 amide bonds. The van der Waals surface area contributed by atoms with Crippen molar-refractivity contribution in [3.8, 4) is 28.6 Å². The molecule has 0 aliphatic rings. The number of phenolic OH excluding ortho intramolecular Hbond substituents is 3. The molecule has 3 rings (SSSR count). The lowest BCUT2D eigenvalue weighted by molar-refractivity contribution is 0.209. The number of fused-ring (bicyclic) bond motifs is 1. The number of benzene rings is 2. The summed E-state index contributed by atoms with van der Waals surface area (Å²) >= 11 is 0. The fraction of sp³-hybridized carbons (Fsp3) is 0.150. The second-order valence-electron chi connectivity index (χ2n) is 6.18. The summed E-state index contributed by atoms with van der Waals surface area (Å²) in [6, 6.07) is 8.53. The van der Waals surface area contributed by atoms with Crippen LogP contribution in [0.4, 0.5) is 0 Å². The number of rotatable bonds is 4. The SMILES string of the molecule is C=C(C)[C@H](O)Cc1c(O)cc2oc(-c3ccc(O)cc3)cc(=O)c2c1O. The molecule has 0 saturated heterocycles. The first-order chi connectivity index (χ1) is 12.3. The molecule has 1 aromatic heterocycles. The third-order valence-electron chi connectivity index (χ3n) is 4.19. The molecule has 1 heterocycles. The highest BCUT2D eigenvalue weighted by Crippen LogP contribution is 2.36. The van der Waals surface area contributed by atoms with E-state index in [1.807, 2.05) is 0 Å². The summed E-state index contributed by atoms with van der Waals surface area (Å²) in [4.78, 5) is 12.5. The lowest BCUT2D eigenvalue weighted by atomic mass is 9.99. The average Bonchev–Trinajstić information content (AvgIpc) is 2.58. The minimum absolute atomic E-state index is 0.0177. The molecule has 0 saturated carbocycles. The molecule has 6 heteroatoms. The Hall–Kier alpha value is -3.25. The molecule has 2 aromatic carbocycles. The quantitative estimate of drug-likeness (QED) is 0.536. The Morgan fingerprint density at radius 3 is 2.42 bits per heavy atom. The second kappa shape index (κ2) is 6.57. The van der Waals surface area contributed by atoms with Crippen LogP contribution in [0.3, 0.4) is 0 Å². The van der Waals surface area contributed by atoms with Gasteiger partial charge in [0.25, 0.3) is 0 Å². The maximum Gasteiger partial charge on any atom is 0.197 e. The predicted octanol–water partition coefficient (Wildman–Crippen LogP) is 3.06. The number of aromatic hydroxyl groups is 3. The van der Waals surface area contributed by atoms with E-state index in [2.05, 4.69) is 6.58 Å². The van der Waals surface area contributed by atoms with Crippen molar-refractivity contribution in [1.29, 1.82) is 0 Å². The van der Waals surface area contributed by atoms with E-state index < -0.39 is 17.3 Å². The van der Waals surface area contributed by atoms with Crippen LogP contribution in [-0.2, 0) is 6.42 Å². The van der Waals surface area contributed by atoms with E-state index in [0.29, 0.717) is 11.1 Å². The van der Waals surface area contributed by atoms with Crippen molar-refractivity contribution in [2.75, 3.05) is 0 Å². The Morgan fingerprint density at radius 1 is 1.15 bits per heavy atom. The molecule has 0 radical (unpaired) electrons. The highest BCUT2D eigenvalue weighted by molar-refractivity contribution is 5.88. The Kier molecular flexibility index (Phi) is 4.44. The third-order valence-corrected chi connectivity index (χ3v) is 4.19. The zero-order chi connectivity index (χ0) is 19.0. The molecule has 1 atom stereocenters. The largest absolute Gasteiger partial charge is 0.508 e. The molecule has 26 heavy (non-hydrogen) atoms. The standard InChI is InChI=1S/C20H18O6/c1-10(2)14(22)7-13-15(23)8-18-19(20(13)25)16(24)9-17(26-18)11-3-5-12(21)6-4-11/h3-6,8-9,14,21-23,25H,1,7H2,2H3/t14-/m1/s1. The van der Waals surface area contributed by atoms with Crippen molar-refractivity contribution in [1.82, 2.24) is 0 Å². The molecule has 0 bridgehead atoms. The van der Waals surface area contributed by atoms with Crippen LogP contribution in [-0.4, -0.2) is 26.5 Å². The zero-order valence-electron chi connectivity index (χ0n) is 14.1. The van der Waals surface area contributed by atoms with Gasteiger partial charge in [0.05, 0.1) is 6.10 Å². The summed E-state index contributed by atoms with van der Waals surface area (Å²) in [5.74, 6) is -0.406. The van der Waals surface area contributed by atoms with Gasteiger partial charge in [0.1, 0.15) is 34.0 Å². The van der Waals surface area contributed by atoms with E-state index in [1.54, 1.807) is 19.1 Å². The number of aliphatic hydroxyl groups excluding tert-OH is 1. The van der Waals surface area contributed by atoms with Gasteiger partial charge in [-0.1, -0.05) is 12.2 Å². The van der Waals surface area contributed by atoms with Crippen LogP contribution < -0.4 is 5.43 Å². The van der Waals surface area contributed by atoms with Crippen molar-refractivity contribution in [2.24, 2.45) is 0 Å². The number of phenols is 3. The first-order valence-corrected chi connectivity index (χ1v) is 7.92.